The van der Waals surface area contributed by atoms with Crippen molar-refractivity contribution in [3.05, 3.63) is 40.9 Å². The average molecular weight is 420 g/mol. The van der Waals surface area contributed by atoms with Crippen LogP contribution in [0.3, 0.4) is 0 Å². The van der Waals surface area contributed by atoms with Crippen LogP contribution in [0.5, 0.6) is 17.2 Å². The number of carbonyl (C=O) groups excluding carboxylic acids is 1. The van der Waals surface area contributed by atoms with Gasteiger partial charge in [0.15, 0.2) is 11.5 Å². The molecule has 0 saturated carbocycles. The number of anilines is 2. The SMILES string of the molecule is COc1cc(C(=O)Nc2cc(Cl)ccc2N2CCN(C)CC2)cc(OC)c1OC. The van der Waals surface area contributed by atoms with Gasteiger partial charge in [-0.1, -0.05) is 11.6 Å². The molecule has 0 spiro atoms. The zero-order chi connectivity index (χ0) is 21.0. The third-order valence-electron chi connectivity index (χ3n) is 4.98. The highest BCUT2D eigenvalue weighted by Gasteiger charge is 2.21. The fourth-order valence-electron chi connectivity index (χ4n) is 3.34. The van der Waals surface area contributed by atoms with E-state index < -0.39 is 0 Å². The number of nitrogens with zero attached hydrogens (tertiary/aromatic N) is 2. The van der Waals surface area contributed by atoms with Crippen molar-refractivity contribution in [2.75, 3.05) is 64.8 Å². The number of carbonyl (C=O) groups is 1. The Morgan fingerprint density at radius 1 is 0.966 bits per heavy atom. The Morgan fingerprint density at radius 3 is 2.14 bits per heavy atom. The minimum absolute atomic E-state index is 0.290. The number of rotatable bonds is 6. The van der Waals surface area contributed by atoms with Crippen molar-refractivity contribution in [2.45, 2.75) is 0 Å². The smallest absolute Gasteiger partial charge is 0.255 e. The molecule has 1 amide bonds. The largest absolute Gasteiger partial charge is 0.493 e. The molecule has 29 heavy (non-hydrogen) atoms. The van der Waals surface area contributed by atoms with Gasteiger partial charge >= 0.3 is 0 Å². The molecule has 1 heterocycles. The molecule has 2 aromatic rings. The van der Waals surface area contributed by atoms with Crippen LogP contribution in [-0.2, 0) is 0 Å². The molecule has 7 nitrogen and oxygen atoms in total. The predicted octanol–water partition coefficient (Wildman–Crippen LogP) is 3.37. The van der Waals surface area contributed by atoms with Gasteiger partial charge in [0.25, 0.3) is 5.91 Å². The summed E-state index contributed by atoms with van der Waals surface area (Å²) in [6.07, 6.45) is 0. The summed E-state index contributed by atoms with van der Waals surface area (Å²) in [6, 6.07) is 8.79. The number of halogens is 1. The van der Waals surface area contributed by atoms with Crippen molar-refractivity contribution in [3.8, 4) is 17.2 Å². The molecule has 1 aliphatic heterocycles. The molecule has 156 valence electrons. The summed E-state index contributed by atoms with van der Waals surface area (Å²) < 4.78 is 16.0. The van der Waals surface area contributed by atoms with Gasteiger partial charge < -0.3 is 29.3 Å². The summed E-state index contributed by atoms with van der Waals surface area (Å²) >= 11 is 6.21. The van der Waals surface area contributed by atoms with Crippen molar-refractivity contribution < 1.29 is 19.0 Å². The molecule has 3 rings (SSSR count). The van der Waals surface area contributed by atoms with E-state index in [1.54, 1.807) is 18.2 Å². The number of benzene rings is 2. The third kappa shape index (κ3) is 4.68. The van der Waals surface area contributed by atoms with Crippen LogP contribution in [0.2, 0.25) is 5.02 Å². The van der Waals surface area contributed by atoms with Gasteiger partial charge in [0, 0.05) is 36.8 Å². The quantitative estimate of drug-likeness (QED) is 0.774. The second kappa shape index (κ2) is 9.24. The van der Waals surface area contributed by atoms with E-state index in [-0.39, 0.29) is 5.91 Å². The highest BCUT2D eigenvalue weighted by atomic mass is 35.5. The van der Waals surface area contributed by atoms with Crippen molar-refractivity contribution in [1.82, 2.24) is 4.90 Å². The maximum absolute atomic E-state index is 13.0. The predicted molar refractivity (Wildman–Crippen MR) is 115 cm³/mol. The summed E-state index contributed by atoms with van der Waals surface area (Å²) in [5.74, 6) is 0.985. The summed E-state index contributed by atoms with van der Waals surface area (Å²) in [5, 5.41) is 3.54. The van der Waals surface area contributed by atoms with E-state index >= 15 is 0 Å². The Morgan fingerprint density at radius 2 is 1.59 bits per heavy atom. The van der Waals surface area contributed by atoms with Gasteiger partial charge in [0.1, 0.15) is 0 Å². The molecule has 1 aliphatic rings. The molecule has 1 fully saturated rings. The number of nitrogens with one attached hydrogen (secondary N) is 1. The molecule has 0 atom stereocenters. The number of hydrogen-bond acceptors (Lipinski definition) is 6. The Labute approximate surface area is 176 Å². The fourth-order valence-corrected chi connectivity index (χ4v) is 3.51. The highest BCUT2D eigenvalue weighted by molar-refractivity contribution is 6.31. The van der Waals surface area contributed by atoms with Gasteiger partial charge in [-0.05, 0) is 37.4 Å². The summed E-state index contributed by atoms with van der Waals surface area (Å²) in [6.45, 7) is 3.68. The molecule has 0 aliphatic carbocycles. The molecule has 0 radical (unpaired) electrons. The first-order valence-electron chi connectivity index (χ1n) is 9.31. The molecule has 1 N–H and O–H groups in total. The Bertz CT molecular complexity index is 857. The molecule has 1 saturated heterocycles. The highest BCUT2D eigenvalue weighted by Crippen LogP contribution is 2.38. The monoisotopic (exact) mass is 419 g/mol. The first kappa shape index (κ1) is 21.1. The Kier molecular flexibility index (Phi) is 6.71. The fraction of sp³-hybridized carbons (Fsp3) is 0.381. The van der Waals surface area contributed by atoms with Crippen molar-refractivity contribution >= 4 is 28.9 Å². The van der Waals surface area contributed by atoms with Gasteiger partial charge in [0.2, 0.25) is 5.75 Å². The lowest BCUT2D eigenvalue weighted by atomic mass is 10.1. The van der Waals surface area contributed by atoms with Crippen molar-refractivity contribution in [1.29, 1.82) is 0 Å². The van der Waals surface area contributed by atoms with E-state index in [1.165, 1.54) is 21.3 Å². The standard InChI is InChI=1S/C21H26ClN3O4/c1-24-7-9-25(10-8-24)17-6-5-15(22)13-16(17)23-21(26)14-11-18(27-2)20(29-4)19(12-14)28-3/h5-6,11-13H,7-10H2,1-4H3,(H,23,26). The van der Waals surface area contributed by atoms with Crippen LogP contribution in [0.4, 0.5) is 11.4 Å². The Hall–Kier alpha value is -2.64. The number of piperazine rings is 1. The lowest BCUT2D eigenvalue weighted by molar-refractivity contribution is 0.102. The number of likely N-dealkylation sites (N-methyl/N-ethyl adjacent to an activating group) is 1. The zero-order valence-corrected chi connectivity index (χ0v) is 17.9. The second-order valence-electron chi connectivity index (χ2n) is 6.82. The molecule has 8 heteroatoms. The van der Waals surface area contributed by atoms with Crippen LogP contribution in [0.1, 0.15) is 10.4 Å². The van der Waals surface area contributed by atoms with Crippen LogP contribution >= 0.6 is 11.6 Å². The summed E-state index contributed by atoms with van der Waals surface area (Å²) in [7, 11) is 6.66. The van der Waals surface area contributed by atoms with Crippen molar-refractivity contribution in [3.63, 3.8) is 0 Å². The first-order valence-corrected chi connectivity index (χ1v) is 9.69. The molecule has 0 aromatic heterocycles. The maximum Gasteiger partial charge on any atom is 0.255 e. The van der Waals surface area contributed by atoms with E-state index in [4.69, 9.17) is 25.8 Å². The Balaban J connectivity index is 1.90. The third-order valence-corrected chi connectivity index (χ3v) is 5.21. The van der Waals surface area contributed by atoms with Gasteiger partial charge in [-0.25, -0.2) is 0 Å². The molecule has 0 bridgehead atoms. The van der Waals surface area contributed by atoms with Crippen molar-refractivity contribution in [2.24, 2.45) is 0 Å². The lowest BCUT2D eigenvalue weighted by Gasteiger charge is -2.35. The number of methoxy groups -OCH3 is 3. The van der Waals surface area contributed by atoms with E-state index in [1.807, 2.05) is 12.1 Å². The zero-order valence-electron chi connectivity index (χ0n) is 17.1. The molecular formula is C21H26ClN3O4. The topological polar surface area (TPSA) is 63.3 Å². The van der Waals surface area contributed by atoms with Gasteiger partial charge in [-0.15, -0.1) is 0 Å². The normalized spacial score (nSPS) is 14.4. The summed E-state index contributed by atoms with van der Waals surface area (Å²) in [4.78, 5) is 17.5. The number of hydrogen-bond donors (Lipinski definition) is 1. The van der Waals surface area contributed by atoms with Gasteiger partial charge in [-0.3, -0.25) is 4.79 Å². The maximum atomic E-state index is 13.0. The van der Waals surface area contributed by atoms with E-state index in [0.717, 1.165) is 31.9 Å². The molecule has 2 aromatic carbocycles. The molecule has 0 unspecified atom stereocenters. The lowest BCUT2D eigenvalue weighted by Crippen LogP contribution is -2.44. The second-order valence-corrected chi connectivity index (χ2v) is 7.26. The summed E-state index contributed by atoms with van der Waals surface area (Å²) in [5.41, 5.74) is 2.01. The minimum atomic E-state index is -0.290. The minimum Gasteiger partial charge on any atom is -0.493 e. The first-order chi connectivity index (χ1) is 14.0. The average Bonchev–Trinajstić information content (AvgIpc) is 2.73. The van der Waals surface area contributed by atoms with Crippen LogP contribution in [0.15, 0.2) is 30.3 Å². The van der Waals surface area contributed by atoms with Crippen LogP contribution < -0.4 is 24.4 Å². The van der Waals surface area contributed by atoms with E-state index in [2.05, 4.69) is 22.2 Å². The van der Waals surface area contributed by atoms with E-state index in [9.17, 15) is 4.79 Å². The van der Waals surface area contributed by atoms with Crippen LogP contribution in [0, 0.1) is 0 Å². The number of amides is 1. The van der Waals surface area contributed by atoms with Gasteiger partial charge in [0.05, 0.1) is 32.7 Å². The number of ether oxygens (including phenoxy) is 3. The van der Waals surface area contributed by atoms with Crippen LogP contribution in [0.25, 0.3) is 0 Å². The van der Waals surface area contributed by atoms with Crippen LogP contribution in [-0.4, -0.2) is 65.4 Å². The van der Waals surface area contributed by atoms with Gasteiger partial charge in [-0.2, -0.15) is 0 Å². The van der Waals surface area contributed by atoms with E-state index in [0.29, 0.717) is 33.5 Å². The molecular weight excluding hydrogens is 394 g/mol.